The molecule has 0 aliphatic rings. The number of anilines is 1. The number of nitrogens with one attached hydrogen (secondary N) is 2. The zero-order chi connectivity index (χ0) is 12.9. The largest absolute Gasteiger partial charge is 0.316 e. The van der Waals surface area contributed by atoms with Gasteiger partial charge < -0.3 is 5.32 Å². The standard InChI is InChI=1S/C10H14F2N2O2S/c1-2-13-3-4-17(15,16)14-10-6-8(11)5-9(12)7-10/h5-7,13-14H,2-4H2,1H3. The highest BCUT2D eigenvalue weighted by Gasteiger charge is 2.11. The van der Waals surface area contributed by atoms with Crippen LogP contribution < -0.4 is 10.0 Å². The molecule has 2 N–H and O–H groups in total. The van der Waals surface area contributed by atoms with Gasteiger partial charge in [0.25, 0.3) is 0 Å². The maximum absolute atomic E-state index is 12.8. The highest BCUT2D eigenvalue weighted by Crippen LogP contribution is 2.14. The molecule has 0 fully saturated rings. The molecule has 7 heteroatoms. The van der Waals surface area contributed by atoms with Gasteiger partial charge in [-0.25, -0.2) is 17.2 Å². The predicted octanol–water partition coefficient (Wildman–Crippen LogP) is 1.32. The summed E-state index contributed by atoms with van der Waals surface area (Å²) in [5, 5.41) is 2.85. The van der Waals surface area contributed by atoms with E-state index in [-0.39, 0.29) is 18.0 Å². The van der Waals surface area contributed by atoms with Crippen molar-refractivity contribution in [2.75, 3.05) is 23.6 Å². The maximum Gasteiger partial charge on any atom is 0.233 e. The Bertz CT molecular complexity index is 457. The topological polar surface area (TPSA) is 58.2 Å². The molecular weight excluding hydrogens is 250 g/mol. The first-order chi connectivity index (χ1) is 7.93. The fourth-order valence-corrected chi connectivity index (χ4v) is 2.22. The fraction of sp³-hybridized carbons (Fsp3) is 0.400. The zero-order valence-electron chi connectivity index (χ0n) is 9.33. The predicted molar refractivity (Wildman–Crippen MR) is 62.3 cm³/mol. The first-order valence-corrected chi connectivity index (χ1v) is 6.75. The Hall–Kier alpha value is -1.21. The van der Waals surface area contributed by atoms with Gasteiger partial charge in [-0.05, 0) is 18.7 Å². The minimum atomic E-state index is -3.59. The van der Waals surface area contributed by atoms with Gasteiger partial charge in [-0.1, -0.05) is 6.92 Å². The summed E-state index contributed by atoms with van der Waals surface area (Å²) in [6.45, 7) is 2.79. The summed E-state index contributed by atoms with van der Waals surface area (Å²) in [5.41, 5.74) is -0.112. The Labute approximate surface area is 99.1 Å². The van der Waals surface area contributed by atoms with Crippen molar-refractivity contribution in [2.45, 2.75) is 6.92 Å². The molecule has 17 heavy (non-hydrogen) atoms. The lowest BCUT2D eigenvalue weighted by Gasteiger charge is -2.08. The van der Waals surface area contributed by atoms with Crippen LogP contribution in [0.2, 0.25) is 0 Å². The average Bonchev–Trinajstić information content (AvgIpc) is 2.14. The molecule has 0 aromatic heterocycles. The van der Waals surface area contributed by atoms with E-state index in [1.165, 1.54) is 0 Å². The molecule has 0 saturated heterocycles. The van der Waals surface area contributed by atoms with Gasteiger partial charge in [-0.15, -0.1) is 0 Å². The summed E-state index contributed by atoms with van der Waals surface area (Å²) < 4.78 is 50.8. The minimum absolute atomic E-state index is 0.112. The second-order valence-corrected chi connectivity index (χ2v) is 5.27. The lowest BCUT2D eigenvalue weighted by Crippen LogP contribution is -2.26. The molecule has 0 unspecified atom stereocenters. The molecule has 96 valence electrons. The molecular formula is C10H14F2N2O2S. The van der Waals surface area contributed by atoms with Gasteiger partial charge in [0, 0.05) is 12.6 Å². The monoisotopic (exact) mass is 264 g/mol. The van der Waals surface area contributed by atoms with Gasteiger partial charge in [0.05, 0.1) is 11.4 Å². The maximum atomic E-state index is 12.8. The van der Waals surface area contributed by atoms with Gasteiger partial charge in [-0.2, -0.15) is 0 Å². The molecule has 1 rings (SSSR count). The van der Waals surface area contributed by atoms with E-state index in [0.29, 0.717) is 12.6 Å². The summed E-state index contributed by atoms with van der Waals surface area (Å²) in [5.74, 6) is -1.80. The van der Waals surface area contributed by atoms with Crippen molar-refractivity contribution in [3.63, 3.8) is 0 Å². The van der Waals surface area contributed by atoms with Crippen molar-refractivity contribution in [1.82, 2.24) is 5.32 Å². The molecule has 0 atom stereocenters. The molecule has 4 nitrogen and oxygen atoms in total. The number of halogens is 2. The molecule has 0 aliphatic heterocycles. The SMILES string of the molecule is CCNCCS(=O)(=O)Nc1cc(F)cc(F)c1. The molecule has 0 heterocycles. The Kier molecular flexibility index (Phi) is 4.83. The van der Waals surface area contributed by atoms with E-state index in [0.717, 1.165) is 12.1 Å². The molecule has 0 aliphatic carbocycles. The highest BCUT2D eigenvalue weighted by atomic mass is 32.2. The number of hydrogen-bond acceptors (Lipinski definition) is 3. The van der Waals surface area contributed by atoms with Crippen LogP contribution in [0.4, 0.5) is 14.5 Å². The highest BCUT2D eigenvalue weighted by molar-refractivity contribution is 7.92. The lowest BCUT2D eigenvalue weighted by atomic mass is 10.3. The van der Waals surface area contributed by atoms with Crippen molar-refractivity contribution >= 4 is 15.7 Å². The summed E-state index contributed by atoms with van der Waals surface area (Å²) >= 11 is 0. The first kappa shape index (κ1) is 13.9. The van der Waals surface area contributed by atoms with Gasteiger partial charge >= 0.3 is 0 Å². The van der Waals surface area contributed by atoms with Gasteiger partial charge in [0.1, 0.15) is 11.6 Å². The van der Waals surface area contributed by atoms with Crippen LogP contribution in [0.5, 0.6) is 0 Å². The van der Waals surface area contributed by atoms with Crippen molar-refractivity contribution < 1.29 is 17.2 Å². The third-order valence-corrected chi connectivity index (χ3v) is 3.22. The van der Waals surface area contributed by atoms with Crippen molar-refractivity contribution in [2.24, 2.45) is 0 Å². The minimum Gasteiger partial charge on any atom is -0.316 e. The first-order valence-electron chi connectivity index (χ1n) is 5.10. The van der Waals surface area contributed by atoms with Crippen molar-refractivity contribution in [3.8, 4) is 0 Å². The summed E-state index contributed by atoms with van der Waals surface area (Å²) in [4.78, 5) is 0. The van der Waals surface area contributed by atoms with Gasteiger partial charge in [0.2, 0.25) is 10.0 Å². The van der Waals surface area contributed by atoms with Crippen LogP contribution in [0, 0.1) is 11.6 Å². The Morgan fingerprint density at radius 2 is 1.76 bits per heavy atom. The zero-order valence-corrected chi connectivity index (χ0v) is 10.2. The Balaban J connectivity index is 2.69. The van der Waals surface area contributed by atoms with E-state index >= 15 is 0 Å². The lowest BCUT2D eigenvalue weighted by molar-refractivity contribution is 0.584. The Morgan fingerprint density at radius 1 is 1.18 bits per heavy atom. The third kappa shape index (κ3) is 5.10. The van der Waals surface area contributed by atoms with E-state index in [2.05, 4.69) is 10.0 Å². The van der Waals surface area contributed by atoms with Crippen LogP contribution in [0.1, 0.15) is 6.92 Å². The molecule has 1 aromatic carbocycles. The van der Waals surface area contributed by atoms with Gasteiger partial charge in [-0.3, -0.25) is 4.72 Å². The van der Waals surface area contributed by atoms with Crippen LogP contribution in [0.25, 0.3) is 0 Å². The second-order valence-electron chi connectivity index (χ2n) is 3.43. The van der Waals surface area contributed by atoms with Crippen LogP contribution >= 0.6 is 0 Å². The Morgan fingerprint density at radius 3 is 2.29 bits per heavy atom. The molecule has 1 aromatic rings. The summed E-state index contributed by atoms with van der Waals surface area (Å²) in [7, 11) is -3.59. The quantitative estimate of drug-likeness (QED) is 0.762. The number of rotatable bonds is 6. The summed E-state index contributed by atoms with van der Waals surface area (Å²) in [6.07, 6.45) is 0. The number of benzene rings is 1. The van der Waals surface area contributed by atoms with Crippen molar-refractivity contribution in [1.29, 1.82) is 0 Å². The van der Waals surface area contributed by atoms with E-state index in [4.69, 9.17) is 0 Å². The molecule has 0 amide bonds. The van der Waals surface area contributed by atoms with E-state index in [9.17, 15) is 17.2 Å². The van der Waals surface area contributed by atoms with Crippen molar-refractivity contribution in [3.05, 3.63) is 29.8 Å². The fourth-order valence-electron chi connectivity index (χ4n) is 1.23. The van der Waals surface area contributed by atoms with E-state index in [1.807, 2.05) is 6.92 Å². The smallest absolute Gasteiger partial charge is 0.233 e. The van der Waals surface area contributed by atoms with E-state index in [1.54, 1.807) is 0 Å². The van der Waals surface area contributed by atoms with Gasteiger partial charge in [0.15, 0.2) is 0 Å². The molecule has 0 radical (unpaired) electrons. The normalized spacial score (nSPS) is 11.5. The third-order valence-electron chi connectivity index (χ3n) is 1.93. The molecule has 0 saturated carbocycles. The average molecular weight is 264 g/mol. The van der Waals surface area contributed by atoms with Crippen LogP contribution in [-0.2, 0) is 10.0 Å². The van der Waals surface area contributed by atoms with E-state index < -0.39 is 21.7 Å². The number of sulfonamides is 1. The van der Waals surface area contributed by atoms with Crippen LogP contribution in [0.3, 0.4) is 0 Å². The van der Waals surface area contributed by atoms with Crippen LogP contribution in [-0.4, -0.2) is 27.3 Å². The number of hydrogen-bond donors (Lipinski definition) is 2. The van der Waals surface area contributed by atoms with Crippen LogP contribution in [0.15, 0.2) is 18.2 Å². The molecule has 0 bridgehead atoms. The second kappa shape index (κ2) is 5.92. The summed E-state index contributed by atoms with van der Waals surface area (Å²) in [6, 6.07) is 2.53. The molecule has 0 spiro atoms.